The number of unbranched alkanes of at least 4 members (excludes halogenated alkanes) is 2. The average Bonchev–Trinajstić information content (AvgIpc) is 1.63. The fraction of sp³-hybridized carbons (Fsp3) is 1.00. The van der Waals surface area contributed by atoms with E-state index in [0.29, 0.717) is 6.42 Å². The molecule has 67 valence electrons. The molecule has 3 nitrogen and oxygen atoms in total. The summed E-state index contributed by atoms with van der Waals surface area (Å²) < 4.78 is 28.3. The van der Waals surface area contributed by atoms with Gasteiger partial charge in [-0.25, -0.2) is 0 Å². The van der Waals surface area contributed by atoms with Crippen LogP contribution >= 0.6 is 0 Å². The van der Waals surface area contributed by atoms with Gasteiger partial charge in [-0.15, -0.1) is 0 Å². The molecule has 0 unspecified atom stereocenters. The van der Waals surface area contributed by atoms with Gasteiger partial charge in [-0.05, 0) is 6.42 Å². The second kappa shape index (κ2) is 6.37. The number of rotatable bonds is 4. The van der Waals surface area contributed by atoms with Crippen LogP contribution in [0.3, 0.4) is 0 Å². The van der Waals surface area contributed by atoms with Crippen molar-refractivity contribution in [3.8, 4) is 0 Å². The fourth-order valence-electron chi connectivity index (χ4n) is 0.534. The SMILES string of the molecule is CCCCCS(=O)(=O)O.[Ag]. The standard InChI is InChI=1S/C5H12O3S.Ag/c1-2-3-4-5-9(6,7)8;/h2-5H2,1H3,(H,6,7,8);. The molecule has 1 N–H and O–H groups in total. The maximum absolute atomic E-state index is 10.1. The Kier molecular flexibility index (Phi) is 8.44. The molecule has 0 atom stereocenters. The average molecular weight is 260 g/mol. The first-order valence-corrected chi connectivity index (χ1v) is 4.62. The summed E-state index contributed by atoms with van der Waals surface area (Å²) in [6, 6.07) is 0. The molecule has 0 aliphatic carbocycles. The van der Waals surface area contributed by atoms with Crippen LogP contribution in [0.4, 0.5) is 0 Å². The molecule has 0 heterocycles. The summed E-state index contributed by atoms with van der Waals surface area (Å²) in [5.41, 5.74) is 0. The van der Waals surface area contributed by atoms with E-state index in [9.17, 15) is 8.42 Å². The summed E-state index contributed by atoms with van der Waals surface area (Å²) in [5, 5.41) is 0. The zero-order chi connectivity index (χ0) is 7.33. The minimum atomic E-state index is -3.70. The Labute approximate surface area is 77.5 Å². The van der Waals surface area contributed by atoms with E-state index in [1.807, 2.05) is 6.92 Å². The number of hydrogen-bond acceptors (Lipinski definition) is 2. The molecule has 0 saturated carbocycles. The van der Waals surface area contributed by atoms with Gasteiger partial charge in [-0.2, -0.15) is 8.42 Å². The second-order valence-corrected chi connectivity index (χ2v) is 3.57. The van der Waals surface area contributed by atoms with Crippen LogP contribution < -0.4 is 0 Å². The van der Waals surface area contributed by atoms with Gasteiger partial charge < -0.3 is 0 Å². The van der Waals surface area contributed by atoms with Crippen molar-refractivity contribution in [1.29, 1.82) is 0 Å². The van der Waals surface area contributed by atoms with Crippen molar-refractivity contribution in [3.63, 3.8) is 0 Å². The van der Waals surface area contributed by atoms with E-state index in [1.54, 1.807) is 0 Å². The molecule has 5 heteroatoms. The van der Waals surface area contributed by atoms with Crippen LogP contribution in [0, 0.1) is 0 Å². The molecular weight excluding hydrogens is 248 g/mol. The molecule has 0 rings (SSSR count). The first-order valence-electron chi connectivity index (χ1n) is 3.01. The molecule has 10 heavy (non-hydrogen) atoms. The topological polar surface area (TPSA) is 54.4 Å². The minimum absolute atomic E-state index is 0. The van der Waals surface area contributed by atoms with Crippen molar-refractivity contribution in [2.45, 2.75) is 26.2 Å². The molecule has 0 bridgehead atoms. The summed E-state index contributed by atoms with van der Waals surface area (Å²) in [6.07, 6.45) is 2.39. The van der Waals surface area contributed by atoms with Crippen molar-refractivity contribution < 1.29 is 35.4 Å². The van der Waals surface area contributed by atoms with Gasteiger partial charge in [-0.1, -0.05) is 19.8 Å². The Morgan fingerprint density at radius 3 is 2.10 bits per heavy atom. The second-order valence-electron chi connectivity index (χ2n) is 1.99. The Balaban J connectivity index is 0. The maximum Gasteiger partial charge on any atom is 0.264 e. The van der Waals surface area contributed by atoms with Gasteiger partial charge in [0.2, 0.25) is 0 Å². The summed E-state index contributed by atoms with van der Waals surface area (Å²) in [6.45, 7) is 1.98. The summed E-state index contributed by atoms with van der Waals surface area (Å²) in [4.78, 5) is 0. The Morgan fingerprint density at radius 1 is 1.30 bits per heavy atom. The summed E-state index contributed by atoms with van der Waals surface area (Å²) in [5.74, 6) is -0.0964. The fourth-order valence-corrected chi connectivity index (χ4v) is 1.10. The van der Waals surface area contributed by atoms with Crippen molar-refractivity contribution in [2.24, 2.45) is 0 Å². The quantitative estimate of drug-likeness (QED) is 0.467. The van der Waals surface area contributed by atoms with E-state index in [4.69, 9.17) is 4.55 Å². The Morgan fingerprint density at radius 2 is 1.80 bits per heavy atom. The Hall–Kier alpha value is 0.650. The van der Waals surface area contributed by atoms with Crippen LogP contribution in [0.2, 0.25) is 0 Å². The Bertz CT molecular complexity index is 152. The predicted molar refractivity (Wildman–Crippen MR) is 35.9 cm³/mol. The monoisotopic (exact) mass is 259 g/mol. The van der Waals surface area contributed by atoms with Gasteiger partial charge in [0.15, 0.2) is 0 Å². The molecular formula is C5H12AgO3S. The maximum atomic E-state index is 10.1. The normalized spacial score (nSPS) is 10.6. The first-order chi connectivity index (χ1) is 4.06. The van der Waals surface area contributed by atoms with Crippen molar-refractivity contribution >= 4 is 10.1 Å². The van der Waals surface area contributed by atoms with E-state index in [1.165, 1.54) is 0 Å². The van der Waals surface area contributed by atoms with Crippen molar-refractivity contribution in [1.82, 2.24) is 0 Å². The van der Waals surface area contributed by atoms with Crippen molar-refractivity contribution in [2.75, 3.05) is 5.75 Å². The molecule has 0 spiro atoms. The van der Waals surface area contributed by atoms with E-state index in [0.717, 1.165) is 12.8 Å². The van der Waals surface area contributed by atoms with Gasteiger partial charge in [0.25, 0.3) is 10.1 Å². The van der Waals surface area contributed by atoms with Crippen LogP contribution in [-0.4, -0.2) is 18.7 Å². The van der Waals surface area contributed by atoms with Gasteiger partial charge >= 0.3 is 0 Å². The van der Waals surface area contributed by atoms with Crippen LogP contribution in [0.25, 0.3) is 0 Å². The summed E-state index contributed by atoms with van der Waals surface area (Å²) in [7, 11) is -3.70. The predicted octanol–water partition coefficient (Wildman–Crippen LogP) is 1.06. The van der Waals surface area contributed by atoms with Gasteiger partial charge in [0.05, 0.1) is 5.75 Å². The molecule has 0 aliphatic rings. The van der Waals surface area contributed by atoms with E-state index in [2.05, 4.69) is 0 Å². The first kappa shape index (κ1) is 13.3. The van der Waals surface area contributed by atoms with Gasteiger partial charge in [0, 0.05) is 22.4 Å². The van der Waals surface area contributed by atoms with Gasteiger partial charge in [0.1, 0.15) is 0 Å². The van der Waals surface area contributed by atoms with Crippen molar-refractivity contribution in [3.05, 3.63) is 0 Å². The van der Waals surface area contributed by atoms with E-state index < -0.39 is 10.1 Å². The van der Waals surface area contributed by atoms with Crippen LogP contribution in [0.5, 0.6) is 0 Å². The summed E-state index contributed by atoms with van der Waals surface area (Å²) >= 11 is 0. The largest absolute Gasteiger partial charge is 0.286 e. The van der Waals surface area contributed by atoms with Gasteiger partial charge in [-0.3, -0.25) is 4.55 Å². The van der Waals surface area contributed by atoms with Crippen LogP contribution in [0.15, 0.2) is 0 Å². The molecule has 0 saturated heterocycles. The molecule has 0 aliphatic heterocycles. The minimum Gasteiger partial charge on any atom is -0.286 e. The molecule has 0 amide bonds. The third kappa shape index (κ3) is 11.4. The molecule has 0 aromatic rings. The molecule has 0 fully saturated rings. The third-order valence-electron chi connectivity index (χ3n) is 1.01. The number of hydrogen-bond donors (Lipinski definition) is 1. The van der Waals surface area contributed by atoms with Crippen LogP contribution in [-0.2, 0) is 32.5 Å². The van der Waals surface area contributed by atoms with E-state index >= 15 is 0 Å². The zero-order valence-electron chi connectivity index (χ0n) is 5.80. The zero-order valence-corrected chi connectivity index (χ0v) is 8.10. The van der Waals surface area contributed by atoms with E-state index in [-0.39, 0.29) is 28.1 Å². The molecule has 0 aromatic carbocycles. The molecule has 0 aromatic heterocycles. The van der Waals surface area contributed by atoms with Crippen LogP contribution in [0.1, 0.15) is 26.2 Å². The molecule has 1 radical (unpaired) electrons. The third-order valence-corrected chi connectivity index (χ3v) is 1.81. The smallest absolute Gasteiger partial charge is 0.264 e.